The highest BCUT2D eigenvalue weighted by Gasteiger charge is 2.19. The quantitative estimate of drug-likeness (QED) is 0.111. The molecule has 6 aromatic heterocycles. The van der Waals surface area contributed by atoms with Crippen LogP contribution in [0, 0.1) is 6.92 Å². The van der Waals surface area contributed by atoms with Crippen LogP contribution in [0.15, 0.2) is 136 Å². The lowest BCUT2D eigenvalue weighted by Crippen LogP contribution is -2.24. The molecule has 0 aliphatic rings. The summed E-state index contributed by atoms with van der Waals surface area (Å²) in [6.45, 7) is 1.91. The highest BCUT2D eigenvalue weighted by molar-refractivity contribution is 7.98. The summed E-state index contributed by atoms with van der Waals surface area (Å²) in [5.74, 6) is 1.99. The molecule has 0 aliphatic carbocycles. The molecule has 0 amide bonds. The third-order valence-electron chi connectivity index (χ3n) is 9.26. The SMILES string of the molecule is Cc1cccc2nc(CSc3ncnc4nc[nH]c34)n(-c3ccccc3Cl)c(=O)c12.O=c1c2ccccc2nc(CSc2ncnc3nc[nH]c23)n1-c1ccccc1Cl. The van der Waals surface area contributed by atoms with E-state index in [2.05, 4.69) is 39.9 Å². The van der Waals surface area contributed by atoms with Crippen LogP contribution in [0.1, 0.15) is 17.2 Å². The normalized spacial score (nSPS) is 11.4. The number of nitrogens with zero attached hydrogens (tertiary/aromatic N) is 10. The number of H-pyrrole nitrogens is 2. The summed E-state index contributed by atoms with van der Waals surface area (Å²) >= 11 is 15.8. The smallest absolute Gasteiger partial charge is 0.266 e. The standard InChI is InChI=1S/C21H15ClN6OS.C20H13ClN6OS/c1-12-5-4-7-14-17(12)21(29)28(15-8-3-2-6-13(15)22)16(27-14)9-30-20-18-19(24-10-23-18)25-11-26-20;21-13-6-2-4-8-15(13)27-16(26-14-7-3-1-5-12(14)20(27)28)9-29-19-17-18(23-10-22-17)24-11-25-19/h2-8,10-11H,9H2,1H3,(H,23,24,25,26);1-8,10-11H,9H2,(H,22,23,24,25). The number of para-hydroxylation sites is 3. The fraction of sp³-hybridized carbons (Fsp3) is 0.0732. The minimum atomic E-state index is -0.159. The zero-order valence-electron chi connectivity index (χ0n) is 30.7. The third kappa shape index (κ3) is 7.42. The van der Waals surface area contributed by atoms with Crippen molar-refractivity contribution in [3.63, 3.8) is 0 Å². The molecule has 0 radical (unpaired) electrons. The lowest BCUT2D eigenvalue weighted by Gasteiger charge is -2.15. The van der Waals surface area contributed by atoms with E-state index in [0.717, 1.165) is 26.6 Å². The van der Waals surface area contributed by atoms with Crippen molar-refractivity contribution in [1.29, 1.82) is 0 Å². The number of fused-ring (bicyclic) bond motifs is 4. The van der Waals surface area contributed by atoms with Crippen molar-refractivity contribution in [2.24, 2.45) is 0 Å². The van der Waals surface area contributed by atoms with Crippen LogP contribution >= 0.6 is 46.7 Å². The molecule has 14 nitrogen and oxygen atoms in total. The molecule has 0 spiro atoms. The summed E-state index contributed by atoms with van der Waals surface area (Å²) in [6, 6.07) is 27.5. The number of aromatic amines is 2. The van der Waals surface area contributed by atoms with Gasteiger partial charge in [0, 0.05) is 0 Å². The highest BCUT2D eigenvalue weighted by Crippen LogP contribution is 2.30. The van der Waals surface area contributed by atoms with Crippen molar-refractivity contribution >= 4 is 90.9 Å². The van der Waals surface area contributed by atoms with Crippen LogP contribution in [0.4, 0.5) is 0 Å². The Kier molecular flexibility index (Phi) is 10.6. The van der Waals surface area contributed by atoms with Gasteiger partial charge < -0.3 is 9.97 Å². The summed E-state index contributed by atoms with van der Waals surface area (Å²) in [5.41, 5.74) is 5.78. The van der Waals surface area contributed by atoms with E-state index in [1.807, 2.05) is 79.7 Å². The van der Waals surface area contributed by atoms with Gasteiger partial charge >= 0.3 is 0 Å². The number of benzene rings is 4. The molecule has 0 fully saturated rings. The van der Waals surface area contributed by atoms with E-state index in [9.17, 15) is 9.59 Å². The van der Waals surface area contributed by atoms with Gasteiger partial charge in [-0.2, -0.15) is 0 Å². The van der Waals surface area contributed by atoms with Crippen LogP contribution in [0.3, 0.4) is 0 Å². The Morgan fingerprint density at radius 1 is 0.576 bits per heavy atom. The average Bonchev–Trinajstić information content (AvgIpc) is 3.95. The van der Waals surface area contributed by atoms with Crippen molar-refractivity contribution in [3.05, 3.63) is 164 Å². The first-order valence-electron chi connectivity index (χ1n) is 17.9. The van der Waals surface area contributed by atoms with Gasteiger partial charge in [-0.25, -0.2) is 39.9 Å². The zero-order chi connectivity index (χ0) is 40.5. The molecule has 0 saturated heterocycles. The Hall–Kier alpha value is -6.46. The maximum Gasteiger partial charge on any atom is 0.266 e. The van der Waals surface area contributed by atoms with Gasteiger partial charge in [-0.1, -0.05) is 95.3 Å². The third-order valence-corrected chi connectivity index (χ3v) is 11.9. The number of hydrogen-bond acceptors (Lipinski definition) is 12. The van der Waals surface area contributed by atoms with E-state index in [1.54, 1.807) is 40.0 Å². The number of imidazole rings is 2. The van der Waals surface area contributed by atoms with Crippen molar-refractivity contribution < 1.29 is 0 Å². The minimum Gasteiger partial charge on any atom is -0.341 e. The number of aromatic nitrogens is 12. The zero-order valence-corrected chi connectivity index (χ0v) is 33.9. The molecule has 6 heterocycles. The molecule has 0 atom stereocenters. The number of thioether (sulfide) groups is 2. The van der Waals surface area contributed by atoms with Gasteiger partial charge in [0.15, 0.2) is 11.3 Å². The number of halogens is 2. The molecule has 59 heavy (non-hydrogen) atoms. The van der Waals surface area contributed by atoms with Crippen molar-refractivity contribution in [1.82, 2.24) is 59.0 Å². The van der Waals surface area contributed by atoms with E-state index in [4.69, 9.17) is 33.2 Å². The van der Waals surface area contributed by atoms with E-state index >= 15 is 0 Å². The minimum absolute atomic E-state index is 0.142. The first-order chi connectivity index (χ1) is 28.9. The lowest BCUT2D eigenvalue weighted by atomic mass is 10.1. The molecule has 290 valence electrons. The number of rotatable bonds is 8. The van der Waals surface area contributed by atoms with Gasteiger partial charge in [-0.3, -0.25) is 18.7 Å². The van der Waals surface area contributed by atoms with Gasteiger partial charge in [-0.15, -0.1) is 0 Å². The Labute approximate surface area is 352 Å². The predicted octanol–water partition coefficient (Wildman–Crippen LogP) is 8.30. The molecule has 2 N–H and O–H groups in total. The largest absolute Gasteiger partial charge is 0.341 e. The molecular weight excluding hydrogens is 828 g/mol. The lowest BCUT2D eigenvalue weighted by molar-refractivity contribution is 0.882. The number of hydrogen-bond donors (Lipinski definition) is 2. The molecule has 18 heteroatoms. The molecule has 4 aromatic carbocycles. The van der Waals surface area contributed by atoms with Crippen LogP contribution in [0.25, 0.3) is 55.5 Å². The Morgan fingerprint density at radius 3 is 1.68 bits per heavy atom. The second-order valence-electron chi connectivity index (χ2n) is 12.9. The molecule has 0 unspecified atom stereocenters. The fourth-order valence-corrected chi connectivity index (χ4v) is 8.74. The van der Waals surface area contributed by atoms with Crippen LogP contribution in [-0.2, 0) is 11.5 Å². The fourth-order valence-electron chi connectivity index (χ4n) is 6.55. The van der Waals surface area contributed by atoms with Crippen LogP contribution in [0.5, 0.6) is 0 Å². The van der Waals surface area contributed by atoms with Gasteiger partial charge in [0.1, 0.15) is 45.4 Å². The van der Waals surface area contributed by atoms with Crippen LogP contribution in [0.2, 0.25) is 10.0 Å². The van der Waals surface area contributed by atoms with E-state index in [1.165, 1.54) is 36.2 Å². The summed E-state index contributed by atoms with van der Waals surface area (Å²) in [5, 5.41) is 3.57. The van der Waals surface area contributed by atoms with E-state index < -0.39 is 0 Å². The van der Waals surface area contributed by atoms with Crippen molar-refractivity contribution in [2.45, 2.75) is 28.5 Å². The Balaban J connectivity index is 0.000000152. The second-order valence-corrected chi connectivity index (χ2v) is 15.6. The highest BCUT2D eigenvalue weighted by atomic mass is 35.5. The second kappa shape index (κ2) is 16.4. The Morgan fingerprint density at radius 2 is 1.08 bits per heavy atom. The van der Waals surface area contributed by atoms with Crippen molar-refractivity contribution in [3.8, 4) is 11.4 Å². The first kappa shape index (κ1) is 38.1. The molecule has 0 aliphatic heterocycles. The summed E-state index contributed by atoms with van der Waals surface area (Å²) in [4.78, 5) is 67.8. The average molecular weight is 856 g/mol. The first-order valence-corrected chi connectivity index (χ1v) is 20.6. The molecule has 0 bridgehead atoms. The summed E-state index contributed by atoms with van der Waals surface area (Å²) < 4.78 is 3.17. The maximum absolute atomic E-state index is 13.5. The van der Waals surface area contributed by atoms with Gasteiger partial charge in [-0.05, 0) is 55.0 Å². The maximum atomic E-state index is 13.5. The van der Waals surface area contributed by atoms with Gasteiger partial charge in [0.25, 0.3) is 11.1 Å². The molecule has 10 rings (SSSR count). The molecule has 0 saturated carbocycles. The van der Waals surface area contributed by atoms with Gasteiger partial charge in [0.05, 0.1) is 67.4 Å². The molecule has 10 aromatic rings. The Bertz CT molecular complexity index is 3310. The number of aryl methyl sites for hydroxylation is 1. The van der Waals surface area contributed by atoms with Crippen LogP contribution < -0.4 is 11.1 Å². The summed E-state index contributed by atoms with van der Waals surface area (Å²) in [7, 11) is 0. The van der Waals surface area contributed by atoms with E-state index in [0.29, 0.717) is 77.7 Å². The van der Waals surface area contributed by atoms with E-state index in [-0.39, 0.29) is 11.1 Å². The topological polar surface area (TPSA) is 179 Å². The van der Waals surface area contributed by atoms with Crippen LogP contribution in [-0.4, -0.2) is 59.0 Å². The predicted molar refractivity (Wildman–Crippen MR) is 232 cm³/mol. The number of nitrogens with one attached hydrogen (secondary N) is 2. The van der Waals surface area contributed by atoms with Crippen molar-refractivity contribution in [2.75, 3.05) is 0 Å². The summed E-state index contributed by atoms with van der Waals surface area (Å²) in [6.07, 6.45) is 6.11. The van der Waals surface area contributed by atoms with Gasteiger partial charge in [0.2, 0.25) is 0 Å². The molecular formula is C41H28Cl2N12O2S2. The monoisotopic (exact) mass is 854 g/mol.